The molecule has 1 saturated heterocycles. The van der Waals surface area contributed by atoms with E-state index in [2.05, 4.69) is 22.1 Å². The lowest BCUT2D eigenvalue weighted by atomic mass is 10.2. The van der Waals surface area contributed by atoms with Crippen molar-refractivity contribution in [1.82, 2.24) is 10.2 Å². The van der Waals surface area contributed by atoms with Gasteiger partial charge in [-0.25, -0.2) is 8.42 Å². The molecule has 0 unspecified atom stereocenters. The maximum Gasteiger partial charge on any atom is 0.194 e. The maximum atomic E-state index is 12.2. The van der Waals surface area contributed by atoms with E-state index in [0.29, 0.717) is 19.6 Å². The van der Waals surface area contributed by atoms with Crippen molar-refractivity contribution in [3.63, 3.8) is 0 Å². The lowest BCUT2D eigenvalue weighted by molar-refractivity contribution is 0.352. The summed E-state index contributed by atoms with van der Waals surface area (Å²) in [5.41, 5.74) is 0. The second-order valence-corrected chi connectivity index (χ2v) is 9.20. The molecule has 2 rings (SSSR count). The van der Waals surface area contributed by atoms with Gasteiger partial charge in [0.15, 0.2) is 15.8 Å². The van der Waals surface area contributed by atoms with E-state index in [1.54, 1.807) is 20.1 Å². The van der Waals surface area contributed by atoms with Gasteiger partial charge >= 0.3 is 0 Å². The lowest BCUT2D eigenvalue weighted by Gasteiger charge is -2.39. The number of aliphatic imine (C=N–C) groups is 1. The summed E-state index contributed by atoms with van der Waals surface area (Å²) in [5, 5.41) is 3.35. The molecule has 1 aliphatic heterocycles. The highest BCUT2D eigenvalue weighted by molar-refractivity contribution is 7.92. The van der Waals surface area contributed by atoms with E-state index in [9.17, 15) is 8.42 Å². The van der Waals surface area contributed by atoms with Crippen molar-refractivity contribution in [2.45, 2.75) is 38.4 Å². The standard InChI is InChI=1S/C16H27N3O3S/c1-4-8-17-15(18-9-7-14-6-5-11-22-14)19-10-12-23(20,21)16(2,3)13-19/h5-6,11H,4,7-10,12-13H2,1-3H3,(H,17,18). The number of sulfone groups is 1. The van der Waals surface area contributed by atoms with Crippen molar-refractivity contribution in [2.75, 3.05) is 31.9 Å². The summed E-state index contributed by atoms with van der Waals surface area (Å²) >= 11 is 0. The van der Waals surface area contributed by atoms with Crippen molar-refractivity contribution in [3.05, 3.63) is 24.2 Å². The Morgan fingerprint density at radius 2 is 2.26 bits per heavy atom. The van der Waals surface area contributed by atoms with Gasteiger partial charge in [-0.3, -0.25) is 4.99 Å². The second-order valence-electron chi connectivity index (χ2n) is 6.46. The van der Waals surface area contributed by atoms with E-state index in [1.807, 2.05) is 12.1 Å². The first kappa shape index (κ1) is 17.8. The Kier molecular flexibility index (Phi) is 5.73. The van der Waals surface area contributed by atoms with Crippen molar-refractivity contribution in [1.29, 1.82) is 0 Å². The topological polar surface area (TPSA) is 74.9 Å². The van der Waals surface area contributed by atoms with Gasteiger partial charge in [0.05, 0.1) is 16.8 Å². The Labute approximate surface area is 138 Å². The van der Waals surface area contributed by atoms with Crippen LogP contribution in [-0.2, 0) is 16.3 Å². The normalized spacial score (nSPS) is 20.5. The Bertz CT molecular complexity index is 621. The minimum absolute atomic E-state index is 0.172. The summed E-state index contributed by atoms with van der Waals surface area (Å²) < 4.78 is 28.9. The van der Waals surface area contributed by atoms with Crippen LogP contribution in [-0.4, -0.2) is 56.0 Å². The maximum absolute atomic E-state index is 12.2. The molecular weight excluding hydrogens is 314 g/mol. The molecule has 1 aromatic rings. The van der Waals surface area contributed by atoms with E-state index < -0.39 is 14.6 Å². The minimum Gasteiger partial charge on any atom is -0.469 e. The van der Waals surface area contributed by atoms with Crippen LogP contribution in [0.25, 0.3) is 0 Å². The van der Waals surface area contributed by atoms with Crippen molar-refractivity contribution in [2.24, 2.45) is 4.99 Å². The first-order valence-corrected chi connectivity index (χ1v) is 9.79. The fraction of sp³-hybridized carbons (Fsp3) is 0.688. The molecule has 1 aromatic heterocycles. The van der Waals surface area contributed by atoms with Crippen LogP contribution < -0.4 is 5.32 Å². The number of hydrogen-bond acceptors (Lipinski definition) is 4. The van der Waals surface area contributed by atoms with Gasteiger partial charge < -0.3 is 14.6 Å². The number of furan rings is 1. The van der Waals surface area contributed by atoms with Crippen LogP contribution in [0.1, 0.15) is 33.0 Å². The molecule has 1 fully saturated rings. The van der Waals surface area contributed by atoms with Gasteiger partial charge in [0, 0.05) is 32.6 Å². The first-order valence-electron chi connectivity index (χ1n) is 8.13. The average molecular weight is 341 g/mol. The van der Waals surface area contributed by atoms with E-state index in [4.69, 9.17) is 4.42 Å². The van der Waals surface area contributed by atoms with Gasteiger partial charge in [-0.2, -0.15) is 0 Å². The van der Waals surface area contributed by atoms with E-state index in [-0.39, 0.29) is 5.75 Å². The fourth-order valence-corrected chi connectivity index (χ4v) is 3.93. The SMILES string of the molecule is CCCN=C(NCCc1ccco1)N1CCS(=O)(=O)C(C)(C)C1. The number of rotatable bonds is 5. The molecule has 1 aliphatic rings. The smallest absolute Gasteiger partial charge is 0.194 e. The summed E-state index contributed by atoms with van der Waals surface area (Å²) in [4.78, 5) is 6.66. The summed E-state index contributed by atoms with van der Waals surface area (Å²) in [6.07, 6.45) is 3.39. The molecule has 0 amide bonds. The zero-order valence-corrected chi connectivity index (χ0v) is 15.0. The van der Waals surface area contributed by atoms with Crippen molar-refractivity contribution < 1.29 is 12.8 Å². The summed E-state index contributed by atoms with van der Waals surface area (Å²) in [6.45, 7) is 8.04. The quantitative estimate of drug-likeness (QED) is 0.651. The molecule has 1 N–H and O–H groups in total. The van der Waals surface area contributed by atoms with Crippen LogP contribution in [0, 0.1) is 0 Å². The molecule has 0 saturated carbocycles. The number of nitrogens with zero attached hydrogens (tertiary/aromatic N) is 2. The molecule has 0 bridgehead atoms. The van der Waals surface area contributed by atoms with E-state index >= 15 is 0 Å². The van der Waals surface area contributed by atoms with Gasteiger partial charge in [-0.05, 0) is 32.4 Å². The molecule has 0 aromatic carbocycles. The zero-order valence-electron chi connectivity index (χ0n) is 14.2. The summed E-state index contributed by atoms with van der Waals surface area (Å²) in [7, 11) is -3.04. The highest BCUT2D eigenvalue weighted by Gasteiger charge is 2.40. The monoisotopic (exact) mass is 341 g/mol. The molecule has 23 heavy (non-hydrogen) atoms. The average Bonchev–Trinajstić information content (AvgIpc) is 2.99. The van der Waals surface area contributed by atoms with Crippen molar-refractivity contribution in [3.8, 4) is 0 Å². The molecule has 0 aliphatic carbocycles. The third-order valence-electron chi connectivity index (χ3n) is 4.06. The molecule has 6 nitrogen and oxygen atoms in total. The Balaban J connectivity index is 2.00. The predicted molar refractivity (Wildman–Crippen MR) is 92.4 cm³/mol. The van der Waals surface area contributed by atoms with Crippen LogP contribution in [0.5, 0.6) is 0 Å². The van der Waals surface area contributed by atoms with Gasteiger partial charge in [0.1, 0.15) is 5.76 Å². The van der Waals surface area contributed by atoms with Gasteiger partial charge in [0.25, 0.3) is 0 Å². The molecule has 130 valence electrons. The largest absolute Gasteiger partial charge is 0.469 e. The van der Waals surface area contributed by atoms with Crippen LogP contribution in [0.2, 0.25) is 0 Å². The number of nitrogens with one attached hydrogen (secondary N) is 1. The highest BCUT2D eigenvalue weighted by atomic mass is 32.2. The molecule has 0 atom stereocenters. The Morgan fingerprint density at radius 1 is 1.48 bits per heavy atom. The molecule has 7 heteroatoms. The van der Waals surface area contributed by atoms with Gasteiger partial charge in [0.2, 0.25) is 0 Å². The highest BCUT2D eigenvalue weighted by Crippen LogP contribution is 2.23. The van der Waals surface area contributed by atoms with Crippen LogP contribution in [0.4, 0.5) is 0 Å². The fourth-order valence-electron chi connectivity index (χ4n) is 2.56. The van der Waals surface area contributed by atoms with Crippen LogP contribution in [0.15, 0.2) is 27.8 Å². The van der Waals surface area contributed by atoms with Gasteiger partial charge in [-0.15, -0.1) is 0 Å². The minimum atomic E-state index is -3.04. The number of hydrogen-bond donors (Lipinski definition) is 1. The third kappa shape index (κ3) is 4.50. The lowest BCUT2D eigenvalue weighted by Crippen LogP contribution is -2.57. The third-order valence-corrected chi connectivity index (χ3v) is 6.60. The summed E-state index contributed by atoms with van der Waals surface area (Å²) in [5.74, 6) is 1.89. The predicted octanol–water partition coefficient (Wildman–Crippen LogP) is 1.69. The van der Waals surface area contributed by atoms with Crippen molar-refractivity contribution >= 4 is 15.8 Å². The Morgan fingerprint density at radius 3 is 2.87 bits per heavy atom. The molecular formula is C16H27N3O3S. The first-order chi connectivity index (χ1) is 10.9. The number of guanidine groups is 1. The van der Waals surface area contributed by atoms with E-state index in [0.717, 1.165) is 31.1 Å². The van der Waals surface area contributed by atoms with Crippen LogP contribution in [0.3, 0.4) is 0 Å². The molecule has 0 spiro atoms. The molecule has 2 heterocycles. The van der Waals surface area contributed by atoms with Crippen LogP contribution >= 0.6 is 0 Å². The zero-order chi connectivity index (χ0) is 16.9. The second kappa shape index (κ2) is 7.38. The Hall–Kier alpha value is -1.50. The molecule has 0 radical (unpaired) electrons. The van der Waals surface area contributed by atoms with Gasteiger partial charge in [-0.1, -0.05) is 6.92 Å². The van der Waals surface area contributed by atoms with E-state index in [1.165, 1.54) is 0 Å². The summed E-state index contributed by atoms with van der Waals surface area (Å²) in [6, 6.07) is 3.82.